The van der Waals surface area contributed by atoms with Crippen LogP contribution < -0.4 is 14.8 Å². The highest BCUT2D eigenvalue weighted by Crippen LogP contribution is 2.29. The Labute approximate surface area is 158 Å². The van der Waals surface area contributed by atoms with Crippen LogP contribution in [0.1, 0.15) is 17.3 Å². The minimum Gasteiger partial charge on any atom is -0.493 e. The smallest absolute Gasteiger partial charge is 0.387 e. The summed E-state index contributed by atoms with van der Waals surface area (Å²) in [5.74, 6) is -1.52. The molecule has 0 saturated carbocycles. The van der Waals surface area contributed by atoms with E-state index in [1.165, 1.54) is 44.5 Å². The predicted molar refractivity (Wildman–Crippen MR) is 92.4 cm³/mol. The Hall–Kier alpha value is -2.94. The second kappa shape index (κ2) is 9.13. The van der Waals surface area contributed by atoms with Crippen LogP contribution in [0.2, 0.25) is 5.02 Å². The third-order valence-electron chi connectivity index (χ3n) is 3.25. The standard InChI is InChI=1S/C17H15ClF2N2O5/c1-9(15(23)22-14-6-4-11(18)8-21-14)26-16(24)10-3-5-12(27-17(19)20)13(7-10)25-2/h3-9,17H,1-2H3,(H,21,22,23)/t9-/m0/s1. The summed E-state index contributed by atoms with van der Waals surface area (Å²) in [4.78, 5) is 28.1. The van der Waals surface area contributed by atoms with Crippen LogP contribution >= 0.6 is 11.6 Å². The molecule has 2 rings (SSSR count). The topological polar surface area (TPSA) is 86.8 Å². The van der Waals surface area contributed by atoms with Crippen LogP contribution in [-0.2, 0) is 9.53 Å². The zero-order valence-electron chi connectivity index (χ0n) is 14.2. The average Bonchev–Trinajstić information content (AvgIpc) is 2.63. The second-order valence-electron chi connectivity index (χ2n) is 5.14. The normalized spacial score (nSPS) is 11.6. The molecule has 0 fully saturated rings. The lowest BCUT2D eigenvalue weighted by atomic mass is 10.2. The van der Waals surface area contributed by atoms with E-state index in [2.05, 4.69) is 15.0 Å². The van der Waals surface area contributed by atoms with Crippen molar-refractivity contribution < 1.29 is 32.6 Å². The number of rotatable bonds is 7. The molecule has 2 aromatic rings. The fourth-order valence-corrected chi connectivity index (χ4v) is 2.06. The van der Waals surface area contributed by atoms with E-state index in [9.17, 15) is 18.4 Å². The van der Waals surface area contributed by atoms with Crippen molar-refractivity contribution in [2.24, 2.45) is 0 Å². The number of hydrogen-bond acceptors (Lipinski definition) is 6. The van der Waals surface area contributed by atoms with Crippen LogP contribution in [0, 0.1) is 0 Å². The molecule has 0 aliphatic heterocycles. The van der Waals surface area contributed by atoms with E-state index in [0.717, 1.165) is 6.07 Å². The van der Waals surface area contributed by atoms with E-state index in [0.29, 0.717) is 5.02 Å². The van der Waals surface area contributed by atoms with Crippen LogP contribution in [0.4, 0.5) is 14.6 Å². The van der Waals surface area contributed by atoms with Crippen molar-refractivity contribution in [3.8, 4) is 11.5 Å². The van der Waals surface area contributed by atoms with Gasteiger partial charge >= 0.3 is 12.6 Å². The van der Waals surface area contributed by atoms with Crippen LogP contribution in [0.3, 0.4) is 0 Å². The zero-order chi connectivity index (χ0) is 20.0. The van der Waals surface area contributed by atoms with Crippen molar-refractivity contribution in [2.45, 2.75) is 19.6 Å². The number of amides is 1. The summed E-state index contributed by atoms with van der Waals surface area (Å²) in [5.41, 5.74) is -0.00210. The molecule has 0 spiro atoms. The van der Waals surface area contributed by atoms with Gasteiger partial charge in [-0.2, -0.15) is 8.78 Å². The summed E-state index contributed by atoms with van der Waals surface area (Å²) in [7, 11) is 1.23. The minimum atomic E-state index is -3.04. The molecule has 144 valence electrons. The number of anilines is 1. The molecule has 0 unspecified atom stereocenters. The summed E-state index contributed by atoms with van der Waals surface area (Å²) in [6.07, 6.45) is 0.210. The van der Waals surface area contributed by atoms with Crippen molar-refractivity contribution in [1.82, 2.24) is 4.98 Å². The number of aromatic nitrogens is 1. The molecule has 0 bridgehead atoms. The molecule has 27 heavy (non-hydrogen) atoms. The molecular formula is C17H15ClF2N2O5. The predicted octanol–water partition coefficient (Wildman–Crippen LogP) is 3.53. The maximum absolute atomic E-state index is 12.3. The highest BCUT2D eigenvalue weighted by molar-refractivity contribution is 6.30. The van der Waals surface area contributed by atoms with Gasteiger partial charge in [0.25, 0.3) is 5.91 Å². The lowest BCUT2D eigenvalue weighted by Crippen LogP contribution is -2.30. The van der Waals surface area contributed by atoms with Gasteiger partial charge in [0.1, 0.15) is 5.82 Å². The van der Waals surface area contributed by atoms with Gasteiger partial charge in [-0.25, -0.2) is 9.78 Å². The Morgan fingerprint density at radius 3 is 2.52 bits per heavy atom. The van der Waals surface area contributed by atoms with Crippen molar-refractivity contribution in [2.75, 3.05) is 12.4 Å². The van der Waals surface area contributed by atoms with E-state index >= 15 is 0 Å². The number of hydrogen-bond donors (Lipinski definition) is 1. The number of nitrogens with one attached hydrogen (secondary N) is 1. The summed E-state index contributed by atoms with van der Waals surface area (Å²) in [6, 6.07) is 6.56. The Morgan fingerprint density at radius 2 is 1.93 bits per heavy atom. The van der Waals surface area contributed by atoms with Crippen LogP contribution in [-0.4, -0.2) is 36.7 Å². The summed E-state index contributed by atoms with van der Waals surface area (Å²) >= 11 is 5.71. The zero-order valence-corrected chi connectivity index (χ0v) is 15.0. The van der Waals surface area contributed by atoms with Gasteiger partial charge in [-0.1, -0.05) is 11.6 Å². The average molecular weight is 401 g/mol. The Kier molecular flexibility index (Phi) is 6.89. The van der Waals surface area contributed by atoms with Gasteiger partial charge in [-0.15, -0.1) is 0 Å². The van der Waals surface area contributed by atoms with Gasteiger partial charge < -0.3 is 19.5 Å². The molecule has 0 saturated heterocycles. The number of ether oxygens (including phenoxy) is 3. The number of halogens is 3. The first-order valence-electron chi connectivity index (χ1n) is 7.56. The van der Waals surface area contributed by atoms with Crippen LogP contribution in [0.5, 0.6) is 11.5 Å². The molecule has 1 heterocycles. The van der Waals surface area contributed by atoms with E-state index in [4.69, 9.17) is 21.1 Å². The van der Waals surface area contributed by atoms with Crippen LogP contribution in [0.15, 0.2) is 36.5 Å². The van der Waals surface area contributed by atoms with Crippen molar-refractivity contribution in [1.29, 1.82) is 0 Å². The Morgan fingerprint density at radius 1 is 1.19 bits per heavy atom. The van der Waals surface area contributed by atoms with Gasteiger partial charge in [0.05, 0.1) is 17.7 Å². The van der Waals surface area contributed by atoms with E-state index in [1.54, 1.807) is 0 Å². The number of methoxy groups -OCH3 is 1. The second-order valence-corrected chi connectivity index (χ2v) is 5.58. The highest BCUT2D eigenvalue weighted by atomic mass is 35.5. The van der Waals surface area contributed by atoms with Gasteiger partial charge in [0.15, 0.2) is 17.6 Å². The quantitative estimate of drug-likeness (QED) is 0.715. The lowest BCUT2D eigenvalue weighted by Gasteiger charge is -2.14. The third kappa shape index (κ3) is 5.78. The first-order valence-corrected chi connectivity index (χ1v) is 7.94. The van der Waals surface area contributed by atoms with E-state index in [-0.39, 0.29) is 22.9 Å². The molecule has 7 nitrogen and oxygen atoms in total. The number of esters is 1. The lowest BCUT2D eigenvalue weighted by molar-refractivity contribution is -0.123. The fourth-order valence-electron chi connectivity index (χ4n) is 1.95. The summed E-state index contributed by atoms with van der Waals surface area (Å²) in [5, 5.41) is 2.87. The summed E-state index contributed by atoms with van der Waals surface area (Å²) in [6.45, 7) is -1.67. The van der Waals surface area contributed by atoms with Crippen LogP contribution in [0.25, 0.3) is 0 Å². The molecule has 1 aromatic carbocycles. The number of carbonyl (C=O) groups excluding carboxylic acids is 2. The van der Waals surface area contributed by atoms with Gasteiger partial charge in [-0.3, -0.25) is 4.79 Å². The third-order valence-corrected chi connectivity index (χ3v) is 3.47. The largest absolute Gasteiger partial charge is 0.493 e. The first kappa shape index (κ1) is 20.4. The van der Waals surface area contributed by atoms with Gasteiger partial charge in [0.2, 0.25) is 0 Å². The highest BCUT2D eigenvalue weighted by Gasteiger charge is 2.21. The first-order chi connectivity index (χ1) is 12.8. The molecule has 1 atom stereocenters. The molecule has 1 aromatic heterocycles. The van der Waals surface area contributed by atoms with E-state index < -0.39 is 24.6 Å². The maximum atomic E-state index is 12.3. The SMILES string of the molecule is COc1cc(C(=O)O[C@@H](C)C(=O)Nc2ccc(Cl)cn2)ccc1OC(F)F. The molecule has 0 aliphatic rings. The molecule has 10 heteroatoms. The van der Waals surface area contributed by atoms with Gasteiger partial charge in [-0.05, 0) is 37.3 Å². The van der Waals surface area contributed by atoms with Crippen molar-refractivity contribution in [3.05, 3.63) is 47.1 Å². The monoisotopic (exact) mass is 400 g/mol. The number of benzene rings is 1. The van der Waals surface area contributed by atoms with Crippen molar-refractivity contribution in [3.63, 3.8) is 0 Å². The van der Waals surface area contributed by atoms with E-state index in [1.807, 2.05) is 0 Å². The molecule has 1 N–H and O–H groups in total. The summed E-state index contributed by atoms with van der Waals surface area (Å²) < 4.78 is 38.9. The number of pyridine rings is 1. The van der Waals surface area contributed by atoms with Gasteiger partial charge in [0, 0.05) is 6.20 Å². The Balaban J connectivity index is 2.02. The number of carbonyl (C=O) groups is 2. The molecule has 0 radical (unpaired) electrons. The fraction of sp³-hybridized carbons (Fsp3) is 0.235. The molecule has 0 aliphatic carbocycles. The Bertz CT molecular complexity index is 817. The number of nitrogens with zero attached hydrogens (tertiary/aromatic N) is 1. The molecule has 1 amide bonds. The number of alkyl halides is 2. The minimum absolute atomic E-state index is 0.00210. The van der Waals surface area contributed by atoms with Crippen molar-refractivity contribution >= 4 is 29.3 Å². The molecular weight excluding hydrogens is 386 g/mol. The maximum Gasteiger partial charge on any atom is 0.387 e.